The van der Waals surface area contributed by atoms with E-state index in [-0.39, 0.29) is 18.5 Å². The van der Waals surface area contributed by atoms with Crippen LogP contribution in [-0.4, -0.2) is 55.1 Å². The topological polar surface area (TPSA) is 88.8 Å². The third-order valence-corrected chi connectivity index (χ3v) is 4.99. The summed E-state index contributed by atoms with van der Waals surface area (Å²) < 4.78 is 1.61. The molecule has 1 atom stereocenters. The fourth-order valence-corrected chi connectivity index (χ4v) is 3.48. The van der Waals surface area contributed by atoms with E-state index >= 15 is 0 Å². The average molecular weight is 371 g/mol. The summed E-state index contributed by atoms with van der Waals surface area (Å²) in [4.78, 5) is 19.2. The van der Waals surface area contributed by atoms with E-state index in [9.17, 15) is 4.79 Å². The first-order valence-electron chi connectivity index (χ1n) is 9.79. The molecule has 3 heterocycles. The molecule has 3 rings (SSSR count). The number of rotatable bonds is 7. The lowest BCUT2D eigenvalue weighted by molar-refractivity contribution is -0.122. The van der Waals surface area contributed by atoms with Gasteiger partial charge in [0.25, 0.3) is 0 Å². The number of carbonyl (C=O) groups is 1. The maximum atomic E-state index is 12.4. The molecule has 0 radical (unpaired) electrons. The highest BCUT2D eigenvalue weighted by Crippen LogP contribution is 2.12. The Hall–Kier alpha value is -2.35. The number of nitrogens with zero attached hydrogens (tertiary/aromatic N) is 6. The van der Waals surface area contributed by atoms with Gasteiger partial charge in [0.05, 0.1) is 6.54 Å². The van der Waals surface area contributed by atoms with E-state index in [1.807, 2.05) is 26.0 Å². The zero-order valence-corrected chi connectivity index (χ0v) is 16.3. The predicted octanol–water partition coefficient (Wildman–Crippen LogP) is 1.50. The lowest BCUT2D eigenvalue weighted by atomic mass is 10.1. The van der Waals surface area contributed by atoms with Gasteiger partial charge in [0.15, 0.2) is 5.82 Å². The molecule has 1 fully saturated rings. The van der Waals surface area contributed by atoms with Gasteiger partial charge >= 0.3 is 0 Å². The molecular weight excluding hydrogens is 342 g/mol. The van der Waals surface area contributed by atoms with E-state index in [1.54, 1.807) is 10.9 Å². The Morgan fingerprint density at radius 1 is 1.26 bits per heavy atom. The Morgan fingerprint density at radius 2 is 2.04 bits per heavy atom. The molecule has 27 heavy (non-hydrogen) atoms. The highest BCUT2D eigenvalue weighted by atomic mass is 16.2. The molecule has 0 aromatic carbocycles. The van der Waals surface area contributed by atoms with Crippen LogP contribution < -0.4 is 5.32 Å². The van der Waals surface area contributed by atoms with E-state index in [0.717, 1.165) is 30.2 Å². The lowest BCUT2D eigenvalue weighted by Gasteiger charge is -2.19. The van der Waals surface area contributed by atoms with Crippen LogP contribution in [0.4, 0.5) is 0 Å². The number of tetrazole rings is 1. The quantitative estimate of drug-likeness (QED) is 0.793. The molecule has 1 saturated heterocycles. The molecule has 1 amide bonds. The van der Waals surface area contributed by atoms with Crippen molar-refractivity contribution in [3.63, 3.8) is 0 Å². The molecule has 1 aliphatic heterocycles. The van der Waals surface area contributed by atoms with Crippen LogP contribution in [0.25, 0.3) is 0 Å². The number of nitrogens with one attached hydrogen (secondary N) is 1. The first kappa shape index (κ1) is 19.4. The molecule has 146 valence electrons. The standard InChI is InChI=1S/C19H29N7O/c1-15-8-7-9-20-17(15)12-16(2)21-19(27)14-26-18(22-23-24-26)13-25-10-5-3-4-6-11-25/h7-9,16H,3-6,10-14H2,1-2H3,(H,21,27). The second-order valence-electron chi connectivity index (χ2n) is 7.38. The number of hydrogen-bond donors (Lipinski definition) is 1. The molecule has 0 bridgehead atoms. The number of aromatic nitrogens is 5. The molecule has 2 aromatic heterocycles. The Balaban J connectivity index is 1.52. The fraction of sp³-hybridized carbons (Fsp3) is 0.632. The summed E-state index contributed by atoms with van der Waals surface area (Å²) in [6, 6.07) is 3.95. The minimum absolute atomic E-state index is 0.00311. The third-order valence-electron chi connectivity index (χ3n) is 4.99. The Morgan fingerprint density at radius 3 is 2.78 bits per heavy atom. The Kier molecular flexibility index (Phi) is 6.86. The smallest absolute Gasteiger partial charge is 0.242 e. The van der Waals surface area contributed by atoms with Crippen molar-refractivity contribution in [1.29, 1.82) is 0 Å². The van der Waals surface area contributed by atoms with E-state index in [0.29, 0.717) is 13.0 Å². The fourth-order valence-electron chi connectivity index (χ4n) is 3.48. The van der Waals surface area contributed by atoms with Crippen LogP contribution in [0.1, 0.15) is 49.7 Å². The van der Waals surface area contributed by atoms with Gasteiger partial charge in [-0.15, -0.1) is 5.10 Å². The number of carbonyl (C=O) groups excluding carboxylic acids is 1. The highest BCUT2D eigenvalue weighted by Gasteiger charge is 2.17. The molecule has 0 spiro atoms. The predicted molar refractivity (Wildman–Crippen MR) is 102 cm³/mol. The third kappa shape index (κ3) is 5.82. The van der Waals surface area contributed by atoms with Crippen molar-refractivity contribution in [2.24, 2.45) is 0 Å². The molecular formula is C19H29N7O. The van der Waals surface area contributed by atoms with Gasteiger partial charge < -0.3 is 5.32 Å². The van der Waals surface area contributed by atoms with E-state index in [4.69, 9.17) is 0 Å². The summed E-state index contributed by atoms with van der Waals surface area (Å²) in [5.41, 5.74) is 2.15. The van der Waals surface area contributed by atoms with Crippen LogP contribution in [0.5, 0.6) is 0 Å². The van der Waals surface area contributed by atoms with Gasteiger partial charge in [-0.1, -0.05) is 18.9 Å². The van der Waals surface area contributed by atoms with Crippen LogP contribution in [0.3, 0.4) is 0 Å². The molecule has 8 nitrogen and oxygen atoms in total. The SMILES string of the molecule is Cc1cccnc1CC(C)NC(=O)Cn1nnnc1CN1CCCCCC1. The number of aryl methyl sites for hydroxylation is 1. The summed E-state index contributed by atoms with van der Waals surface area (Å²) >= 11 is 0. The molecule has 2 aromatic rings. The Bertz CT molecular complexity index is 737. The Labute approximate surface area is 160 Å². The normalized spacial score (nSPS) is 16.7. The first-order chi connectivity index (χ1) is 13.1. The summed E-state index contributed by atoms with van der Waals surface area (Å²) in [6.07, 6.45) is 7.50. The summed E-state index contributed by atoms with van der Waals surface area (Å²) in [6.45, 7) is 7.00. The van der Waals surface area contributed by atoms with Crippen LogP contribution >= 0.6 is 0 Å². The summed E-state index contributed by atoms with van der Waals surface area (Å²) in [7, 11) is 0. The van der Waals surface area contributed by atoms with Crippen LogP contribution in [0, 0.1) is 6.92 Å². The monoisotopic (exact) mass is 371 g/mol. The maximum Gasteiger partial charge on any atom is 0.242 e. The van der Waals surface area contributed by atoms with Crippen molar-refractivity contribution in [3.8, 4) is 0 Å². The molecule has 0 aliphatic carbocycles. The molecule has 0 saturated carbocycles. The summed E-state index contributed by atoms with van der Waals surface area (Å²) in [5.74, 6) is 0.667. The average Bonchev–Trinajstić information content (AvgIpc) is 2.89. The second-order valence-corrected chi connectivity index (χ2v) is 7.38. The van der Waals surface area contributed by atoms with Gasteiger partial charge in [-0.2, -0.15) is 0 Å². The molecule has 1 unspecified atom stereocenters. The minimum Gasteiger partial charge on any atom is -0.352 e. The van der Waals surface area contributed by atoms with E-state index < -0.39 is 0 Å². The second kappa shape index (κ2) is 9.55. The van der Waals surface area contributed by atoms with Crippen molar-refractivity contribution in [1.82, 2.24) is 35.4 Å². The van der Waals surface area contributed by atoms with Crippen molar-refractivity contribution < 1.29 is 4.79 Å². The lowest BCUT2D eigenvalue weighted by Crippen LogP contribution is -2.37. The first-order valence-corrected chi connectivity index (χ1v) is 9.79. The van der Waals surface area contributed by atoms with Crippen LogP contribution in [0.15, 0.2) is 18.3 Å². The van der Waals surface area contributed by atoms with Gasteiger partial charge in [0.2, 0.25) is 5.91 Å². The van der Waals surface area contributed by atoms with Crippen LogP contribution in [0.2, 0.25) is 0 Å². The van der Waals surface area contributed by atoms with Gasteiger partial charge in [0, 0.05) is 24.4 Å². The van der Waals surface area contributed by atoms with Gasteiger partial charge in [0.1, 0.15) is 6.54 Å². The van der Waals surface area contributed by atoms with Crippen molar-refractivity contribution in [3.05, 3.63) is 35.4 Å². The number of amides is 1. The van der Waals surface area contributed by atoms with Gasteiger partial charge in [-0.3, -0.25) is 14.7 Å². The zero-order chi connectivity index (χ0) is 19.1. The zero-order valence-electron chi connectivity index (χ0n) is 16.3. The largest absolute Gasteiger partial charge is 0.352 e. The minimum atomic E-state index is -0.0829. The number of pyridine rings is 1. The molecule has 1 N–H and O–H groups in total. The van der Waals surface area contributed by atoms with Crippen molar-refractivity contribution in [2.45, 2.75) is 65.1 Å². The van der Waals surface area contributed by atoms with E-state index in [1.165, 1.54) is 25.7 Å². The molecule has 1 aliphatic rings. The van der Waals surface area contributed by atoms with Crippen molar-refractivity contribution >= 4 is 5.91 Å². The van der Waals surface area contributed by atoms with Gasteiger partial charge in [-0.05, 0) is 61.8 Å². The highest BCUT2D eigenvalue weighted by molar-refractivity contribution is 5.75. The number of hydrogen-bond acceptors (Lipinski definition) is 6. The van der Waals surface area contributed by atoms with E-state index in [2.05, 4.69) is 30.7 Å². The number of likely N-dealkylation sites (tertiary alicyclic amines) is 1. The summed E-state index contributed by atoms with van der Waals surface area (Å²) in [5, 5.41) is 14.9. The van der Waals surface area contributed by atoms with Crippen LogP contribution in [-0.2, 0) is 24.3 Å². The maximum absolute atomic E-state index is 12.4. The van der Waals surface area contributed by atoms with Gasteiger partial charge in [-0.25, -0.2) is 4.68 Å². The molecule has 8 heteroatoms. The van der Waals surface area contributed by atoms with Crippen molar-refractivity contribution in [2.75, 3.05) is 13.1 Å².